The molecule has 2 aromatic carbocycles. The van der Waals surface area contributed by atoms with Crippen LogP contribution in [0.5, 0.6) is 0 Å². The first kappa shape index (κ1) is 22.6. The summed E-state index contributed by atoms with van der Waals surface area (Å²) in [5.74, 6) is -1.71. The third-order valence-electron chi connectivity index (χ3n) is 6.09. The van der Waals surface area contributed by atoms with E-state index in [1.54, 1.807) is 4.90 Å². The van der Waals surface area contributed by atoms with Crippen molar-refractivity contribution in [3.8, 4) is 0 Å². The van der Waals surface area contributed by atoms with Gasteiger partial charge in [-0.05, 0) is 42.5 Å². The monoisotopic (exact) mass is 506 g/mol. The molecule has 3 atom stereocenters. The summed E-state index contributed by atoms with van der Waals surface area (Å²) in [4.78, 5) is 28.2. The molecule has 2 aliphatic rings. The van der Waals surface area contributed by atoms with E-state index >= 15 is 0 Å². The van der Waals surface area contributed by atoms with Gasteiger partial charge in [0.2, 0.25) is 11.8 Å². The van der Waals surface area contributed by atoms with E-state index in [1.807, 2.05) is 42.5 Å². The van der Waals surface area contributed by atoms with Gasteiger partial charge in [0, 0.05) is 23.2 Å². The van der Waals surface area contributed by atoms with E-state index < -0.39 is 29.5 Å². The van der Waals surface area contributed by atoms with Crippen molar-refractivity contribution in [2.24, 2.45) is 17.8 Å². The molecule has 0 unspecified atom stereocenters. The van der Waals surface area contributed by atoms with E-state index in [4.69, 9.17) is 0 Å². The summed E-state index contributed by atoms with van der Waals surface area (Å²) in [6, 6.07) is 13.2. The zero-order chi connectivity index (χ0) is 22.9. The molecular formula is C24H22BrF3N2O2. The van der Waals surface area contributed by atoms with Gasteiger partial charge in [0.25, 0.3) is 0 Å². The first-order valence-electron chi connectivity index (χ1n) is 10.4. The van der Waals surface area contributed by atoms with Crippen LogP contribution in [0.15, 0.2) is 65.2 Å². The average Bonchev–Trinajstić information content (AvgIpc) is 2.76. The van der Waals surface area contributed by atoms with E-state index in [1.165, 1.54) is 12.1 Å². The van der Waals surface area contributed by atoms with Crippen molar-refractivity contribution in [3.05, 3.63) is 76.3 Å². The summed E-state index contributed by atoms with van der Waals surface area (Å²) in [5, 5.41) is 2.61. The number of anilines is 1. The maximum atomic E-state index is 13.3. The third kappa shape index (κ3) is 4.75. The van der Waals surface area contributed by atoms with Crippen molar-refractivity contribution in [2.75, 3.05) is 11.9 Å². The lowest BCUT2D eigenvalue weighted by Gasteiger charge is -2.41. The molecule has 0 aromatic heterocycles. The van der Waals surface area contributed by atoms with Crippen molar-refractivity contribution < 1.29 is 22.8 Å². The van der Waals surface area contributed by atoms with Crippen molar-refractivity contribution in [3.63, 3.8) is 0 Å². The SMILES string of the molecule is O=C(Nc1ccc(Br)c(C(F)(F)F)c1)[C@H]1CC=C[C@H]2CCN(Cc3ccccc3)C(=O)[C@@H]12. The van der Waals surface area contributed by atoms with Crippen LogP contribution < -0.4 is 5.32 Å². The smallest absolute Gasteiger partial charge is 0.338 e. The highest BCUT2D eigenvalue weighted by atomic mass is 79.9. The fourth-order valence-corrected chi connectivity index (χ4v) is 4.98. The topological polar surface area (TPSA) is 49.4 Å². The van der Waals surface area contributed by atoms with Crippen LogP contribution in [0.3, 0.4) is 0 Å². The van der Waals surface area contributed by atoms with E-state index in [0.717, 1.165) is 18.1 Å². The highest BCUT2D eigenvalue weighted by Gasteiger charge is 2.44. The van der Waals surface area contributed by atoms with E-state index in [0.29, 0.717) is 19.5 Å². The molecule has 0 radical (unpaired) electrons. The van der Waals surface area contributed by atoms with Gasteiger partial charge >= 0.3 is 6.18 Å². The zero-order valence-corrected chi connectivity index (χ0v) is 18.7. The molecule has 1 saturated heterocycles. The number of rotatable bonds is 4. The Morgan fingerprint density at radius 2 is 1.91 bits per heavy atom. The number of hydrogen-bond donors (Lipinski definition) is 1. The number of likely N-dealkylation sites (tertiary alicyclic amines) is 1. The van der Waals surface area contributed by atoms with Crippen LogP contribution in [0.2, 0.25) is 0 Å². The lowest BCUT2D eigenvalue weighted by Crippen LogP contribution is -2.50. The molecule has 1 N–H and O–H groups in total. The van der Waals surface area contributed by atoms with Gasteiger partial charge in [0.1, 0.15) is 0 Å². The number of hydrogen-bond acceptors (Lipinski definition) is 2. The quantitative estimate of drug-likeness (QED) is 0.545. The van der Waals surface area contributed by atoms with Gasteiger partial charge < -0.3 is 10.2 Å². The lowest BCUT2D eigenvalue weighted by molar-refractivity contribution is -0.147. The molecule has 1 aliphatic carbocycles. The Morgan fingerprint density at radius 3 is 2.62 bits per heavy atom. The first-order chi connectivity index (χ1) is 15.2. The predicted molar refractivity (Wildman–Crippen MR) is 118 cm³/mol. The van der Waals surface area contributed by atoms with Crippen LogP contribution in [-0.4, -0.2) is 23.3 Å². The second-order valence-corrected chi connectivity index (χ2v) is 9.03. The standard InChI is InChI=1S/C24H22BrF3N2O2/c25-20-10-9-17(13-19(20)24(26,27)28)29-22(31)18-8-4-7-16-11-12-30(23(32)21(16)18)14-15-5-2-1-3-6-15/h1-7,9-10,13,16,18,21H,8,11-12,14H2,(H,29,31)/t16-,18-,21+/m0/s1. The third-order valence-corrected chi connectivity index (χ3v) is 6.78. The lowest BCUT2D eigenvalue weighted by atomic mass is 9.71. The minimum absolute atomic E-state index is 0.0466. The zero-order valence-electron chi connectivity index (χ0n) is 17.1. The maximum Gasteiger partial charge on any atom is 0.417 e. The number of alkyl halides is 3. The minimum Gasteiger partial charge on any atom is -0.338 e. The van der Waals surface area contributed by atoms with E-state index in [-0.39, 0.29) is 22.0 Å². The summed E-state index contributed by atoms with van der Waals surface area (Å²) in [5.41, 5.74) is 0.210. The first-order valence-corrected chi connectivity index (χ1v) is 11.2. The Kier molecular flexibility index (Phi) is 6.42. The highest BCUT2D eigenvalue weighted by Crippen LogP contribution is 2.39. The molecule has 1 heterocycles. The molecule has 2 aromatic rings. The summed E-state index contributed by atoms with van der Waals surface area (Å²) in [7, 11) is 0. The Labute approximate surface area is 192 Å². The van der Waals surface area contributed by atoms with Crippen molar-refractivity contribution in [1.82, 2.24) is 4.90 Å². The van der Waals surface area contributed by atoms with Crippen LogP contribution >= 0.6 is 15.9 Å². The molecular weight excluding hydrogens is 485 g/mol. The predicted octanol–water partition coefficient (Wildman–Crippen LogP) is 5.65. The summed E-state index contributed by atoms with van der Waals surface area (Å²) in [6.07, 6.45) is 0.470. The van der Waals surface area contributed by atoms with Gasteiger partial charge in [0.15, 0.2) is 0 Å². The van der Waals surface area contributed by atoms with Crippen molar-refractivity contribution in [1.29, 1.82) is 0 Å². The molecule has 168 valence electrons. The maximum absolute atomic E-state index is 13.3. The molecule has 2 amide bonds. The summed E-state index contributed by atoms with van der Waals surface area (Å²) in [6.45, 7) is 1.08. The Morgan fingerprint density at radius 1 is 1.16 bits per heavy atom. The Balaban J connectivity index is 1.52. The van der Waals surface area contributed by atoms with Crippen LogP contribution in [0.4, 0.5) is 18.9 Å². The molecule has 4 nitrogen and oxygen atoms in total. The second-order valence-electron chi connectivity index (χ2n) is 8.18. The fraction of sp³-hybridized carbons (Fsp3) is 0.333. The molecule has 0 saturated carbocycles. The molecule has 32 heavy (non-hydrogen) atoms. The molecule has 1 fully saturated rings. The van der Waals surface area contributed by atoms with E-state index in [2.05, 4.69) is 21.2 Å². The second kappa shape index (κ2) is 9.10. The van der Waals surface area contributed by atoms with Gasteiger partial charge in [-0.3, -0.25) is 9.59 Å². The molecule has 1 aliphatic heterocycles. The van der Waals surface area contributed by atoms with Gasteiger partial charge in [-0.2, -0.15) is 13.2 Å². The van der Waals surface area contributed by atoms with Crippen molar-refractivity contribution >= 4 is 33.4 Å². The molecule has 0 bridgehead atoms. The Bertz CT molecular complexity index is 1040. The van der Waals surface area contributed by atoms with E-state index in [9.17, 15) is 22.8 Å². The number of allylic oxidation sites excluding steroid dienone is 2. The largest absolute Gasteiger partial charge is 0.417 e. The Hall–Kier alpha value is -2.61. The number of nitrogens with one attached hydrogen (secondary N) is 1. The number of benzene rings is 2. The highest BCUT2D eigenvalue weighted by molar-refractivity contribution is 9.10. The van der Waals surface area contributed by atoms with Gasteiger partial charge in [-0.15, -0.1) is 0 Å². The molecule has 0 spiro atoms. The average molecular weight is 507 g/mol. The number of nitrogens with zero attached hydrogens (tertiary/aromatic N) is 1. The summed E-state index contributed by atoms with van der Waals surface area (Å²) < 4.78 is 39.5. The minimum atomic E-state index is -4.55. The fourth-order valence-electron chi connectivity index (χ4n) is 4.51. The number of halogens is 4. The van der Waals surface area contributed by atoms with Crippen LogP contribution in [-0.2, 0) is 22.3 Å². The number of piperidine rings is 1. The number of amides is 2. The molecule has 8 heteroatoms. The van der Waals surface area contributed by atoms with Gasteiger partial charge in [-0.1, -0.05) is 58.4 Å². The van der Waals surface area contributed by atoms with Crippen LogP contribution in [0, 0.1) is 17.8 Å². The number of fused-ring (bicyclic) bond motifs is 1. The van der Waals surface area contributed by atoms with Gasteiger partial charge in [0.05, 0.1) is 17.4 Å². The van der Waals surface area contributed by atoms with Crippen molar-refractivity contribution in [2.45, 2.75) is 25.6 Å². The molecule has 4 rings (SSSR count). The number of carbonyl (C=O) groups is 2. The summed E-state index contributed by atoms with van der Waals surface area (Å²) >= 11 is 2.90. The normalized spacial score (nSPS) is 23.1. The number of carbonyl (C=O) groups excluding carboxylic acids is 2. The van der Waals surface area contributed by atoms with Gasteiger partial charge in [-0.25, -0.2) is 0 Å². The van der Waals surface area contributed by atoms with Crippen LogP contribution in [0.25, 0.3) is 0 Å². The van der Waals surface area contributed by atoms with Crippen LogP contribution in [0.1, 0.15) is 24.0 Å².